The minimum absolute atomic E-state index is 0.0210. The summed E-state index contributed by atoms with van der Waals surface area (Å²) in [6.45, 7) is 0.892. The average Bonchev–Trinajstić information content (AvgIpc) is 3.20. The molecule has 0 spiro atoms. The van der Waals surface area contributed by atoms with Gasteiger partial charge in [-0.3, -0.25) is 19.9 Å². The number of benzene rings is 1. The smallest absolute Gasteiger partial charge is 0.269 e. The van der Waals surface area contributed by atoms with Crippen LogP contribution < -0.4 is 0 Å². The number of aromatic nitrogens is 1. The van der Waals surface area contributed by atoms with Crippen molar-refractivity contribution in [2.45, 2.75) is 13.1 Å². The highest BCUT2D eigenvalue weighted by Crippen LogP contribution is 2.15. The zero-order valence-electron chi connectivity index (χ0n) is 14.4. The van der Waals surface area contributed by atoms with Crippen molar-refractivity contribution in [2.24, 2.45) is 0 Å². The van der Waals surface area contributed by atoms with Gasteiger partial charge in [-0.25, -0.2) is 0 Å². The molecule has 0 saturated carbocycles. The second-order valence-corrected chi connectivity index (χ2v) is 6.61. The molecule has 136 valence electrons. The number of nitrogens with zero attached hydrogens (tertiary/aromatic N) is 3. The minimum Gasteiger partial charge on any atom is -0.329 e. The van der Waals surface area contributed by atoms with E-state index in [1.165, 1.54) is 18.2 Å². The lowest BCUT2D eigenvalue weighted by Gasteiger charge is -2.20. The van der Waals surface area contributed by atoms with Crippen LogP contribution >= 0.6 is 11.3 Å². The zero-order valence-corrected chi connectivity index (χ0v) is 15.2. The molecule has 0 aliphatic heterocycles. The van der Waals surface area contributed by atoms with E-state index in [1.54, 1.807) is 40.6 Å². The first-order valence-electron chi connectivity index (χ1n) is 8.24. The molecule has 0 fully saturated rings. The van der Waals surface area contributed by atoms with Gasteiger partial charge < -0.3 is 4.90 Å². The van der Waals surface area contributed by atoms with Gasteiger partial charge >= 0.3 is 0 Å². The Morgan fingerprint density at radius 1 is 1.15 bits per heavy atom. The maximum absolute atomic E-state index is 12.7. The van der Waals surface area contributed by atoms with E-state index in [1.807, 2.05) is 35.0 Å². The first-order valence-corrected chi connectivity index (χ1v) is 9.18. The Bertz CT molecular complexity index is 923. The number of amides is 1. The van der Waals surface area contributed by atoms with Gasteiger partial charge in [-0.1, -0.05) is 6.07 Å². The van der Waals surface area contributed by atoms with Crippen molar-refractivity contribution < 1.29 is 9.72 Å². The van der Waals surface area contributed by atoms with E-state index in [0.29, 0.717) is 13.1 Å². The number of thiophene rings is 1. The summed E-state index contributed by atoms with van der Waals surface area (Å²) in [5.41, 5.74) is 2.62. The third kappa shape index (κ3) is 5.32. The molecular formula is C20H17N3O3S. The highest BCUT2D eigenvalue weighted by Gasteiger charge is 2.13. The Morgan fingerprint density at radius 2 is 1.96 bits per heavy atom. The van der Waals surface area contributed by atoms with Gasteiger partial charge in [-0.15, -0.1) is 0 Å². The summed E-state index contributed by atoms with van der Waals surface area (Å²) in [6, 6.07) is 13.7. The SMILES string of the molecule is O=C(/C=C/c1ccc([N+](=O)[O-])cc1)N(Cc1ccsc1)Cc1ccccn1. The fraction of sp³-hybridized carbons (Fsp3) is 0.100. The van der Waals surface area contributed by atoms with E-state index >= 15 is 0 Å². The molecule has 0 N–H and O–H groups in total. The van der Waals surface area contributed by atoms with Gasteiger partial charge in [0, 0.05) is 31.0 Å². The number of nitro groups is 1. The van der Waals surface area contributed by atoms with Gasteiger partial charge in [0.1, 0.15) is 0 Å². The second-order valence-electron chi connectivity index (χ2n) is 5.83. The molecule has 7 heteroatoms. The standard InChI is InChI=1S/C20H17N3O3S/c24-20(9-6-16-4-7-19(8-5-16)23(25)26)22(13-17-10-12-27-15-17)14-18-3-1-2-11-21-18/h1-12,15H,13-14H2/b9-6+. The predicted molar refractivity (Wildman–Crippen MR) is 105 cm³/mol. The van der Waals surface area contributed by atoms with Gasteiger partial charge in [0.15, 0.2) is 0 Å². The molecule has 0 saturated heterocycles. The average molecular weight is 379 g/mol. The van der Waals surface area contributed by atoms with Crippen molar-refractivity contribution in [3.63, 3.8) is 0 Å². The highest BCUT2D eigenvalue weighted by molar-refractivity contribution is 7.07. The number of nitro benzene ring substituents is 1. The Morgan fingerprint density at radius 3 is 2.59 bits per heavy atom. The van der Waals surface area contributed by atoms with Crippen LogP contribution in [0.15, 0.2) is 71.6 Å². The van der Waals surface area contributed by atoms with Crippen LogP contribution in [-0.4, -0.2) is 20.7 Å². The number of carbonyl (C=O) groups excluding carboxylic acids is 1. The van der Waals surface area contributed by atoms with Crippen LogP contribution in [0.3, 0.4) is 0 Å². The van der Waals surface area contributed by atoms with Crippen molar-refractivity contribution >= 4 is 29.0 Å². The lowest BCUT2D eigenvalue weighted by Crippen LogP contribution is -2.28. The number of rotatable bonds is 7. The first-order chi connectivity index (χ1) is 13.1. The molecule has 3 rings (SSSR count). The summed E-state index contributed by atoms with van der Waals surface area (Å²) in [4.78, 5) is 29.0. The lowest BCUT2D eigenvalue weighted by molar-refractivity contribution is -0.384. The molecule has 6 nitrogen and oxygen atoms in total. The van der Waals surface area contributed by atoms with Crippen LogP contribution in [0.2, 0.25) is 0 Å². The van der Waals surface area contributed by atoms with E-state index in [0.717, 1.165) is 16.8 Å². The van der Waals surface area contributed by atoms with Crippen molar-refractivity contribution in [1.82, 2.24) is 9.88 Å². The van der Waals surface area contributed by atoms with E-state index in [9.17, 15) is 14.9 Å². The van der Waals surface area contributed by atoms with E-state index in [2.05, 4.69) is 4.98 Å². The third-order valence-corrected chi connectivity index (χ3v) is 4.60. The monoisotopic (exact) mass is 379 g/mol. The summed E-state index contributed by atoms with van der Waals surface area (Å²) >= 11 is 1.59. The van der Waals surface area contributed by atoms with Crippen molar-refractivity contribution in [3.05, 3.63) is 98.5 Å². The normalized spacial score (nSPS) is 10.8. The minimum atomic E-state index is -0.450. The molecule has 2 aromatic heterocycles. The van der Waals surface area contributed by atoms with Crippen LogP contribution in [0.4, 0.5) is 5.69 Å². The molecule has 27 heavy (non-hydrogen) atoms. The summed E-state index contributed by atoms with van der Waals surface area (Å²) in [7, 11) is 0. The third-order valence-electron chi connectivity index (χ3n) is 3.87. The van der Waals surface area contributed by atoms with Gasteiger partial charge in [-0.05, 0) is 58.3 Å². The summed E-state index contributed by atoms with van der Waals surface area (Å²) < 4.78 is 0. The summed E-state index contributed by atoms with van der Waals surface area (Å²) in [5, 5.41) is 14.7. The Balaban J connectivity index is 1.74. The number of non-ortho nitro benzene ring substituents is 1. The summed E-state index contributed by atoms with van der Waals surface area (Å²) in [6.07, 6.45) is 4.84. The molecule has 0 unspecified atom stereocenters. The topological polar surface area (TPSA) is 76.3 Å². The fourth-order valence-corrected chi connectivity index (χ4v) is 3.14. The number of hydrogen-bond donors (Lipinski definition) is 0. The molecule has 2 heterocycles. The van der Waals surface area contributed by atoms with Crippen LogP contribution in [0, 0.1) is 10.1 Å². The van der Waals surface area contributed by atoms with Crippen molar-refractivity contribution in [1.29, 1.82) is 0 Å². The Hall–Kier alpha value is -3.32. The van der Waals surface area contributed by atoms with Gasteiger partial charge in [-0.2, -0.15) is 11.3 Å². The lowest BCUT2D eigenvalue weighted by atomic mass is 10.2. The van der Waals surface area contributed by atoms with Crippen LogP contribution in [0.1, 0.15) is 16.8 Å². The van der Waals surface area contributed by atoms with Crippen molar-refractivity contribution in [3.8, 4) is 0 Å². The van der Waals surface area contributed by atoms with E-state index in [4.69, 9.17) is 0 Å². The molecule has 0 aliphatic carbocycles. The second kappa shape index (κ2) is 8.86. The zero-order chi connectivity index (χ0) is 19.1. The highest BCUT2D eigenvalue weighted by atomic mass is 32.1. The molecule has 1 aromatic carbocycles. The molecule has 0 bridgehead atoms. The fourth-order valence-electron chi connectivity index (χ4n) is 2.48. The molecule has 0 aliphatic rings. The largest absolute Gasteiger partial charge is 0.329 e. The maximum Gasteiger partial charge on any atom is 0.269 e. The first kappa shape index (κ1) is 18.5. The van der Waals surface area contributed by atoms with Gasteiger partial charge in [0.2, 0.25) is 5.91 Å². The number of carbonyl (C=O) groups is 1. The number of hydrogen-bond acceptors (Lipinski definition) is 5. The van der Waals surface area contributed by atoms with E-state index < -0.39 is 4.92 Å². The van der Waals surface area contributed by atoms with E-state index in [-0.39, 0.29) is 11.6 Å². The Labute approximate surface area is 160 Å². The Kier molecular flexibility index (Phi) is 6.06. The molecule has 0 radical (unpaired) electrons. The predicted octanol–water partition coefficient (Wildman–Crippen LogP) is 4.29. The van der Waals surface area contributed by atoms with Crippen molar-refractivity contribution in [2.75, 3.05) is 0 Å². The molecular weight excluding hydrogens is 362 g/mol. The van der Waals surface area contributed by atoms with Crippen LogP contribution in [0.25, 0.3) is 6.08 Å². The van der Waals surface area contributed by atoms with Crippen LogP contribution in [-0.2, 0) is 17.9 Å². The number of pyridine rings is 1. The molecule has 1 amide bonds. The quantitative estimate of drug-likeness (QED) is 0.348. The maximum atomic E-state index is 12.7. The molecule has 0 atom stereocenters. The molecule has 3 aromatic rings. The summed E-state index contributed by atoms with van der Waals surface area (Å²) in [5.74, 6) is -0.148. The van der Waals surface area contributed by atoms with Gasteiger partial charge in [0.05, 0.1) is 17.2 Å². The van der Waals surface area contributed by atoms with Gasteiger partial charge in [0.25, 0.3) is 5.69 Å². The van der Waals surface area contributed by atoms with Crippen LogP contribution in [0.5, 0.6) is 0 Å².